The van der Waals surface area contributed by atoms with Gasteiger partial charge in [0.15, 0.2) is 0 Å². The van der Waals surface area contributed by atoms with Crippen LogP contribution in [0.2, 0.25) is 0 Å². The smallest absolute Gasteiger partial charge is 0.0555 e. The maximum absolute atomic E-state index is 5.37. The van der Waals surface area contributed by atoms with Crippen molar-refractivity contribution in [2.45, 2.75) is 19.1 Å². The van der Waals surface area contributed by atoms with Crippen LogP contribution in [-0.4, -0.2) is 12.3 Å². The minimum Gasteiger partial charge on any atom is -0.320 e. The Kier molecular flexibility index (Phi) is 5.99. The minimum atomic E-state index is 0.427. The molecule has 0 radical (unpaired) electrons. The van der Waals surface area contributed by atoms with Crippen molar-refractivity contribution in [3.63, 3.8) is 0 Å². The van der Waals surface area contributed by atoms with Crippen molar-refractivity contribution in [3.05, 3.63) is 35.4 Å². The summed E-state index contributed by atoms with van der Waals surface area (Å²) in [7, 11) is 0. The third kappa shape index (κ3) is 4.42. The highest BCUT2D eigenvalue weighted by molar-refractivity contribution is 7.98. The largest absolute Gasteiger partial charge is 0.320 e. The van der Waals surface area contributed by atoms with Gasteiger partial charge in [0.2, 0.25) is 0 Å². The van der Waals surface area contributed by atoms with E-state index in [0.29, 0.717) is 6.54 Å². The Bertz CT molecular complexity index is 349. The number of rotatable bonds is 4. The maximum atomic E-state index is 5.37. The second-order valence-corrected chi connectivity index (χ2v) is 4.32. The molecular weight excluding hydrogens is 202 g/mol. The van der Waals surface area contributed by atoms with Gasteiger partial charge >= 0.3 is 0 Å². The number of benzene rings is 1. The molecule has 0 unspecified atom stereocenters. The van der Waals surface area contributed by atoms with Gasteiger partial charge in [-0.25, -0.2) is 0 Å². The molecule has 0 spiro atoms. The molecule has 0 saturated heterocycles. The molecule has 0 aliphatic rings. The van der Waals surface area contributed by atoms with Crippen molar-refractivity contribution in [2.75, 3.05) is 12.3 Å². The first-order valence-corrected chi connectivity index (χ1v) is 6.38. The molecule has 0 atom stereocenters. The van der Waals surface area contributed by atoms with Gasteiger partial charge in [-0.3, -0.25) is 0 Å². The molecule has 2 heteroatoms. The summed E-state index contributed by atoms with van der Waals surface area (Å²) in [4.78, 5) is 0. The van der Waals surface area contributed by atoms with E-state index in [1.54, 1.807) is 0 Å². The predicted molar refractivity (Wildman–Crippen MR) is 68.8 cm³/mol. The van der Waals surface area contributed by atoms with E-state index in [0.717, 1.165) is 11.3 Å². The van der Waals surface area contributed by atoms with Crippen LogP contribution >= 0.6 is 11.8 Å². The number of thioether (sulfide) groups is 1. The van der Waals surface area contributed by atoms with E-state index in [9.17, 15) is 0 Å². The highest BCUT2D eigenvalue weighted by Crippen LogP contribution is 2.16. The van der Waals surface area contributed by atoms with Crippen molar-refractivity contribution in [1.82, 2.24) is 0 Å². The van der Waals surface area contributed by atoms with E-state index in [-0.39, 0.29) is 0 Å². The highest BCUT2D eigenvalue weighted by Gasteiger charge is 1.98. The molecule has 0 aliphatic heterocycles. The average Bonchev–Trinajstić information content (AvgIpc) is 2.28. The summed E-state index contributed by atoms with van der Waals surface area (Å²) in [6, 6.07) is 8.29. The highest BCUT2D eigenvalue weighted by atomic mass is 32.2. The Balaban J connectivity index is 2.68. The third-order valence-corrected chi connectivity index (χ3v) is 3.16. The van der Waals surface area contributed by atoms with Gasteiger partial charge in [0.05, 0.1) is 6.54 Å². The standard InChI is InChI=1S/C13H17NS/c1-2-10-15-11-13-7-4-3-6-12(13)8-5-9-14/h3-4,6-7H,2,9-11,14H2,1H3. The van der Waals surface area contributed by atoms with Gasteiger partial charge < -0.3 is 5.73 Å². The van der Waals surface area contributed by atoms with Crippen LogP contribution in [0, 0.1) is 11.8 Å². The summed E-state index contributed by atoms with van der Waals surface area (Å²) in [6.45, 7) is 2.63. The van der Waals surface area contributed by atoms with Crippen molar-refractivity contribution in [2.24, 2.45) is 5.73 Å². The van der Waals surface area contributed by atoms with E-state index in [1.807, 2.05) is 17.8 Å². The van der Waals surface area contributed by atoms with Crippen LogP contribution in [0.15, 0.2) is 24.3 Å². The number of nitrogens with two attached hydrogens (primary N) is 1. The Morgan fingerprint density at radius 3 is 2.87 bits per heavy atom. The lowest BCUT2D eigenvalue weighted by Gasteiger charge is -2.03. The van der Waals surface area contributed by atoms with Crippen molar-refractivity contribution < 1.29 is 0 Å². The lowest BCUT2D eigenvalue weighted by atomic mass is 10.1. The summed E-state index contributed by atoms with van der Waals surface area (Å²) in [5.74, 6) is 8.27. The Hall–Kier alpha value is -0.910. The van der Waals surface area contributed by atoms with Crippen molar-refractivity contribution in [1.29, 1.82) is 0 Å². The summed E-state index contributed by atoms with van der Waals surface area (Å²) in [6.07, 6.45) is 1.22. The second kappa shape index (κ2) is 7.39. The first kappa shape index (κ1) is 12.2. The van der Waals surface area contributed by atoms with Crippen LogP contribution in [0.1, 0.15) is 24.5 Å². The Morgan fingerprint density at radius 1 is 1.33 bits per heavy atom. The van der Waals surface area contributed by atoms with E-state index < -0.39 is 0 Å². The summed E-state index contributed by atoms with van der Waals surface area (Å²) in [5.41, 5.74) is 7.80. The fourth-order valence-electron chi connectivity index (χ4n) is 1.24. The fourth-order valence-corrected chi connectivity index (χ4v) is 2.15. The van der Waals surface area contributed by atoms with Crippen LogP contribution in [0.5, 0.6) is 0 Å². The zero-order valence-corrected chi connectivity index (χ0v) is 9.94. The van der Waals surface area contributed by atoms with E-state index >= 15 is 0 Å². The molecule has 80 valence electrons. The normalized spacial score (nSPS) is 9.47. The van der Waals surface area contributed by atoms with Crippen molar-refractivity contribution in [3.8, 4) is 11.8 Å². The van der Waals surface area contributed by atoms with E-state index in [1.165, 1.54) is 17.7 Å². The summed E-state index contributed by atoms with van der Waals surface area (Å²) >= 11 is 1.95. The molecule has 1 aromatic carbocycles. The predicted octanol–water partition coefficient (Wildman–Crippen LogP) is 2.64. The van der Waals surface area contributed by atoms with Gasteiger partial charge in [0.25, 0.3) is 0 Å². The molecule has 0 amide bonds. The van der Waals surface area contributed by atoms with Gasteiger partial charge in [0, 0.05) is 11.3 Å². The third-order valence-electron chi connectivity index (χ3n) is 1.95. The Morgan fingerprint density at radius 2 is 2.13 bits per heavy atom. The molecule has 0 bridgehead atoms. The molecule has 15 heavy (non-hydrogen) atoms. The first-order chi connectivity index (χ1) is 7.38. The molecule has 0 heterocycles. The maximum Gasteiger partial charge on any atom is 0.0555 e. The average molecular weight is 219 g/mol. The number of hydrogen-bond acceptors (Lipinski definition) is 2. The van der Waals surface area contributed by atoms with Gasteiger partial charge in [0.1, 0.15) is 0 Å². The van der Waals surface area contributed by atoms with Gasteiger partial charge in [-0.05, 0) is 23.8 Å². The van der Waals surface area contributed by atoms with Gasteiger partial charge in [-0.1, -0.05) is 37.0 Å². The lowest BCUT2D eigenvalue weighted by Crippen LogP contribution is -1.94. The van der Waals surface area contributed by atoms with Crippen LogP contribution in [0.25, 0.3) is 0 Å². The molecule has 1 nitrogen and oxygen atoms in total. The van der Waals surface area contributed by atoms with Crippen LogP contribution in [-0.2, 0) is 5.75 Å². The summed E-state index contributed by atoms with van der Waals surface area (Å²) in [5, 5.41) is 0. The number of hydrogen-bond donors (Lipinski definition) is 1. The molecule has 2 N–H and O–H groups in total. The topological polar surface area (TPSA) is 26.0 Å². The van der Waals surface area contributed by atoms with Gasteiger partial charge in [-0.2, -0.15) is 11.8 Å². The molecule has 1 rings (SSSR count). The van der Waals surface area contributed by atoms with Crippen LogP contribution in [0.4, 0.5) is 0 Å². The molecule has 0 aromatic heterocycles. The SMILES string of the molecule is CCCSCc1ccccc1C#CCN. The fraction of sp³-hybridized carbons (Fsp3) is 0.385. The molecule has 0 saturated carbocycles. The van der Waals surface area contributed by atoms with Crippen LogP contribution in [0.3, 0.4) is 0 Å². The quantitative estimate of drug-likeness (QED) is 0.622. The van der Waals surface area contributed by atoms with Crippen molar-refractivity contribution >= 4 is 11.8 Å². The Labute approximate surface area is 96.4 Å². The molecular formula is C13H17NS. The van der Waals surface area contributed by atoms with Crippen LogP contribution < -0.4 is 5.73 Å². The monoisotopic (exact) mass is 219 g/mol. The van der Waals surface area contributed by atoms with E-state index in [4.69, 9.17) is 5.73 Å². The second-order valence-electron chi connectivity index (χ2n) is 3.22. The zero-order valence-electron chi connectivity index (χ0n) is 9.12. The molecule has 0 fully saturated rings. The lowest BCUT2D eigenvalue weighted by molar-refractivity contribution is 1.10. The first-order valence-electron chi connectivity index (χ1n) is 5.23. The van der Waals surface area contributed by atoms with E-state index in [2.05, 4.69) is 37.0 Å². The van der Waals surface area contributed by atoms with Gasteiger partial charge in [-0.15, -0.1) is 0 Å². The minimum absolute atomic E-state index is 0.427. The summed E-state index contributed by atoms with van der Waals surface area (Å²) < 4.78 is 0. The molecule has 1 aromatic rings. The molecule has 0 aliphatic carbocycles. The zero-order chi connectivity index (χ0) is 10.9.